The molecule has 104 valence electrons. The molecule has 0 fully saturated rings. The first kappa shape index (κ1) is 12.3. The molecule has 3 heterocycles. The molecular weight excluding hydrogens is 260 g/mol. The molecule has 0 bridgehead atoms. The number of nitrogens with zero attached hydrogens (tertiary/aromatic N) is 3. The lowest BCUT2D eigenvalue weighted by Gasteiger charge is -2.15. The summed E-state index contributed by atoms with van der Waals surface area (Å²) in [5.41, 5.74) is 5.82. The second kappa shape index (κ2) is 5.14. The smallest absolute Gasteiger partial charge is 0.0990 e. The molecule has 1 N–H and O–H groups in total. The van der Waals surface area contributed by atoms with Crippen molar-refractivity contribution in [2.45, 2.75) is 13.0 Å². The summed E-state index contributed by atoms with van der Waals surface area (Å²) in [6.45, 7) is 1.87. The monoisotopic (exact) mass is 276 g/mol. The van der Waals surface area contributed by atoms with Gasteiger partial charge in [-0.25, -0.2) is 4.68 Å². The van der Waals surface area contributed by atoms with Gasteiger partial charge in [0.05, 0.1) is 17.1 Å². The largest absolute Gasteiger partial charge is 0.312 e. The molecular formula is C17H16N4. The van der Waals surface area contributed by atoms with E-state index >= 15 is 0 Å². The first-order chi connectivity index (χ1) is 10.4. The summed E-state index contributed by atoms with van der Waals surface area (Å²) in [5.74, 6) is 0. The predicted octanol–water partition coefficient (Wildman–Crippen LogP) is 2.58. The van der Waals surface area contributed by atoms with Gasteiger partial charge < -0.3 is 5.32 Å². The third-order valence-electron chi connectivity index (χ3n) is 3.87. The quantitative estimate of drug-likeness (QED) is 0.782. The molecule has 3 aromatic rings. The van der Waals surface area contributed by atoms with E-state index in [4.69, 9.17) is 5.10 Å². The van der Waals surface area contributed by atoms with Crippen molar-refractivity contribution in [3.63, 3.8) is 0 Å². The molecule has 4 rings (SSSR count). The fourth-order valence-corrected chi connectivity index (χ4v) is 2.87. The third kappa shape index (κ3) is 2.14. The van der Waals surface area contributed by atoms with Gasteiger partial charge in [-0.15, -0.1) is 0 Å². The lowest BCUT2D eigenvalue weighted by Crippen LogP contribution is -2.24. The van der Waals surface area contributed by atoms with E-state index in [1.54, 1.807) is 6.20 Å². The van der Waals surface area contributed by atoms with Gasteiger partial charge in [0.1, 0.15) is 0 Å². The van der Waals surface area contributed by atoms with Crippen molar-refractivity contribution in [2.75, 3.05) is 6.54 Å². The number of nitrogens with one attached hydrogen (secondary N) is 1. The molecule has 4 heteroatoms. The van der Waals surface area contributed by atoms with E-state index in [1.807, 2.05) is 30.5 Å². The van der Waals surface area contributed by atoms with Crippen molar-refractivity contribution in [2.24, 2.45) is 0 Å². The molecule has 0 unspecified atom stereocenters. The molecule has 21 heavy (non-hydrogen) atoms. The molecule has 0 saturated heterocycles. The van der Waals surface area contributed by atoms with E-state index in [0.717, 1.165) is 36.5 Å². The van der Waals surface area contributed by atoms with Crippen molar-refractivity contribution >= 4 is 0 Å². The molecule has 0 radical (unpaired) electrons. The highest BCUT2D eigenvalue weighted by molar-refractivity contribution is 5.64. The Morgan fingerprint density at radius 1 is 1.05 bits per heavy atom. The average Bonchev–Trinajstić information content (AvgIpc) is 2.96. The number of pyridine rings is 1. The maximum atomic E-state index is 4.87. The van der Waals surface area contributed by atoms with Crippen LogP contribution in [-0.4, -0.2) is 21.3 Å². The molecule has 1 aliphatic rings. The Morgan fingerprint density at radius 2 is 1.95 bits per heavy atom. The molecule has 1 aliphatic heterocycles. The number of hydrogen-bond donors (Lipinski definition) is 1. The minimum atomic E-state index is 0.867. The van der Waals surface area contributed by atoms with Crippen LogP contribution in [0.1, 0.15) is 11.3 Å². The first-order valence-corrected chi connectivity index (χ1v) is 7.21. The summed E-state index contributed by atoms with van der Waals surface area (Å²) in [5, 5.41) is 8.31. The Kier molecular flexibility index (Phi) is 3.01. The Balaban J connectivity index is 1.92. The van der Waals surface area contributed by atoms with E-state index in [0.29, 0.717) is 0 Å². The zero-order chi connectivity index (χ0) is 14.1. The summed E-state index contributed by atoms with van der Waals surface area (Å²) in [6, 6.07) is 14.4. The van der Waals surface area contributed by atoms with Crippen LogP contribution in [0.5, 0.6) is 0 Å². The van der Waals surface area contributed by atoms with Crippen molar-refractivity contribution in [3.8, 4) is 16.9 Å². The van der Waals surface area contributed by atoms with Gasteiger partial charge in [0, 0.05) is 43.0 Å². The number of rotatable bonds is 2. The highest BCUT2D eigenvalue weighted by Crippen LogP contribution is 2.28. The second-order valence-corrected chi connectivity index (χ2v) is 5.19. The predicted molar refractivity (Wildman–Crippen MR) is 82.2 cm³/mol. The van der Waals surface area contributed by atoms with Crippen LogP contribution in [0.2, 0.25) is 0 Å². The number of para-hydroxylation sites is 1. The van der Waals surface area contributed by atoms with Crippen molar-refractivity contribution in [3.05, 3.63) is 66.1 Å². The highest BCUT2D eigenvalue weighted by atomic mass is 15.3. The number of fused-ring (bicyclic) bond motifs is 1. The lowest BCUT2D eigenvalue weighted by atomic mass is 10.0. The minimum Gasteiger partial charge on any atom is -0.312 e. The van der Waals surface area contributed by atoms with Crippen LogP contribution in [0.25, 0.3) is 16.9 Å². The fourth-order valence-electron chi connectivity index (χ4n) is 2.87. The zero-order valence-corrected chi connectivity index (χ0v) is 11.7. The summed E-state index contributed by atoms with van der Waals surface area (Å²) in [7, 11) is 0. The maximum absolute atomic E-state index is 4.87. The molecule has 1 aromatic carbocycles. The Hall–Kier alpha value is -2.46. The van der Waals surface area contributed by atoms with Gasteiger partial charge in [-0.1, -0.05) is 18.2 Å². The van der Waals surface area contributed by atoms with Gasteiger partial charge in [-0.05, 0) is 24.3 Å². The topological polar surface area (TPSA) is 42.7 Å². The van der Waals surface area contributed by atoms with Crippen LogP contribution in [-0.2, 0) is 13.0 Å². The lowest BCUT2D eigenvalue weighted by molar-refractivity contribution is 0.623. The number of hydrogen-bond acceptors (Lipinski definition) is 3. The van der Waals surface area contributed by atoms with Gasteiger partial charge >= 0.3 is 0 Å². The summed E-state index contributed by atoms with van der Waals surface area (Å²) in [4.78, 5) is 4.22. The third-order valence-corrected chi connectivity index (χ3v) is 3.87. The van der Waals surface area contributed by atoms with Gasteiger partial charge in [-0.3, -0.25) is 4.98 Å². The maximum Gasteiger partial charge on any atom is 0.0990 e. The molecule has 0 amide bonds. The SMILES string of the molecule is c1ccc(-n2nc(-c3cccnc3)c3c2CCNC3)cc1. The van der Waals surface area contributed by atoms with E-state index in [2.05, 4.69) is 33.2 Å². The number of benzene rings is 1. The van der Waals surface area contributed by atoms with Crippen LogP contribution >= 0.6 is 0 Å². The summed E-state index contributed by atoms with van der Waals surface area (Å²) in [6.07, 6.45) is 4.67. The average molecular weight is 276 g/mol. The van der Waals surface area contributed by atoms with Crippen molar-refractivity contribution < 1.29 is 0 Å². The molecule has 0 atom stereocenters. The Labute approximate surface area is 123 Å². The van der Waals surface area contributed by atoms with Crippen LogP contribution in [0, 0.1) is 0 Å². The van der Waals surface area contributed by atoms with Crippen molar-refractivity contribution in [1.29, 1.82) is 0 Å². The normalized spacial score (nSPS) is 13.9. The molecule has 4 nitrogen and oxygen atoms in total. The molecule has 0 saturated carbocycles. The van der Waals surface area contributed by atoms with Gasteiger partial charge in [0.2, 0.25) is 0 Å². The summed E-state index contributed by atoms with van der Waals surface area (Å²) >= 11 is 0. The second-order valence-electron chi connectivity index (χ2n) is 5.19. The zero-order valence-electron chi connectivity index (χ0n) is 11.7. The highest BCUT2D eigenvalue weighted by Gasteiger charge is 2.22. The number of aromatic nitrogens is 3. The van der Waals surface area contributed by atoms with Crippen LogP contribution in [0.3, 0.4) is 0 Å². The van der Waals surface area contributed by atoms with Crippen LogP contribution in [0.4, 0.5) is 0 Å². The summed E-state index contributed by atoms with van der Waals surface area (Å²) < 4.78 is 2.08. The standard InChI is InChI=1S/C17H16N4/c1-2-6-14(7-3-1)21-16-8-10-19-12-15(16)17(20-21)13-5-4-9-18-11-13/h1-7,9,11,19H,8,10,12H2. The molecule has 2 aromatic heterocycles. The minimum absolute atomic E-state index is 0.867. The molecule has 0 spiro atoms. The van der Waals surface area contributed by atoms with E-state index < -0.39 is 0 Å². The van der Waals surface area contributed by atoms with Crippen molar-refractivity contribution in [1.82, 2.24) is 20.1 Å². The van der Waals surface area contributed by atoms with E-state index in [9.17, 15) is 0 Å². The van der Waals surface area contributed by atoms with E-state index in [1.165, 1.54) is 11.3 Å². The van der Waals surface area contributed by atoms with Gasteiger partial charge in [0.25, 0.3) is 0 Å². The fraction of sp³-hybridized carbons (Fsp3) is 0.176. The molecule has 0 aliphatic carbocycles. The van der Waals surface area contributed by atoms with Crippen LogP contribution < -0.4 is 5.32 Å². The Morgan fingerprint density at radius 3 is 2.76 bits per heavy atom. The first-order valence-electron chi connectivity index (χ1n) is 7.21. The van der Waals surface area contributed by atoms with E-state index in [-0.39, 0.29) is 0 Å². The van der Waals surface area contributed by atoms with Gasteiger partial charge in [0.15, 0.2) is 0 Å². The van der Waals surface area contributed by atoms with Crippen LogP contribution in [0.15, 0.2) is 54.9 Å². The Bertz CT molecular complexity index is 683. The van der Waals surface area contributed by atoms with Gasteiger partial charge in [-0.2, -0.15) is 5.10 Å².